The van der Waals surface area contributed by atoms with Gasteiger partial charge in [0, 0.05) is 26.1 Å². The largest absolute Gasteiger partial charge is 0.296 e. The van der Waals surface area contributed by atoms with Crippen molar-refractivity contribution in [2.45, 2.75) is 32.7 Å². The van der Waals surface area contributed by atoms with E-state index in [2.05, 4.69) is 51.5 Å². The summed E-state index contributed by atoms with van der Waals surface area (Å²) in [5, 5.41) is 11.2. The topological polar surface area (TPSA) is 44.8 Å². The highest BCUT2D eigenvalue weighted by Gasteiger charge is 2.35. The Hall–Kier alpha value is -1.68. The smallest absolute Gasteiger partial charge is 0.0997 e. The van der Waals surface area contributed by atoms with E-state index in [0.717, 1.165) is 37.4 Å². The van der Waals surface area contributed by atoms with Gasteiger partial charge in [0.15, 0.2) is 0 Å². The number of hydrogen-bond acceptors (Lipinski definition) is 3. The van der Waals surface area contributed by atoms with Crippen LogP contribution >= 0.6 is 0 Å². The van der Waals surface area contributed by atoms with Crippen molar-refractivity contribution in [2.75, 3.05) is 13.1 Å². The molecule has 1 aromatic carbocycles. The molecule has 1 aromatic heterocycles. The summed E-state index contributed by atoms with van der Waals surface area (Å²) >= 11 is 0. The van der Waals surface area contributed by atoms with Crippen molar-refractivity contribution in [3.63, 3.8) is 0 Å². The highest BCUT2D eigenvalue weighted by Crippen LogP contribution is 2.37. The molecule has 0 amide bonds. The Morgan fingerprint density at radius 2 is 1.85 bits per heavy atom. The molecule has 2 aliphatic rings. The molecule has 104 valence electrons. The van der Waals surface area contributed by atoms with Gasteiger partial charge in [-0.3, -0.25) is 4.90 Å². The van der Waals surface area contributed by atoms with E-state index in [4.69, 9.17) is 0 Å². The van der Waals surface area contributed by atoms with E-state index in [-0.39, 0.29) is 0 Å². The van der Waals surface area contributed by atoms with Crippen molar-refractivity contribution in [1.82, 2.24) is 20.3 Å². The zero-order chi connectivity index (χ0) is 13.6. The maximum Gasteiger partial charge on any atom is 0.0997 e. The highest BCUT2D eigenvalue weighted by molar-refractivity contribution is 5.34. The molecule has 0 fully saturated rings. The predicted molar refractivity (Wildman–Crippen MR) is 77.3 cm³/mol. The molecule has 4 rings (SSSR count). The summed E-state index contributed by atoms with van der Waals surface area (Å²) in [6, 6.07) is 8.89. The van der Waals surface area contributed by atoms with Crippen molar-refractivity contribution in [3.05, 3.63) is 46.8 Å². The second-order valence-corrected chi connectivity index (χ2v) is 6.61. The molecule has 0 saturated heterocycles. The molecule has 2 heterocycles. The monoisotopic (exact) mass is 268 g/mol. The number of H-pyrrole nitrogens is 1. The molecule has 4 nitrogen and oxygen atoms in total. The maximum atomic E-state index is 4.27. The van der Waals surface area contributed by atoms with E-state index in [0.29, 0.717) is 5.41 Å². The Morgan fingerprint density at radius 3 is 2.60 bits per heavy atom. The van der Waals surface area contributed by atoms with Crippen LogP contribution < -0.4 is 0 Å². The molecular formula is C16H20N4. The van der Waals surface area contributed by atoms with Crippen LogP contribution in [0.5, 0.6) is 0 Å². The van der Waals surface area contributed by atoms with E-state index in [9.17, 15) is 0 Å². The number of nitrogens with one attached hydrogen (secondary N) is 1. The van der Waals surface area contributed by atoms with Crippen LogP contribution in [-0.2, 0) is 25.8 Å². The summed E-state index contributed by atoms with van der Waals surface area (Å²) in [4.78, 5) is 2.54. The number of hydrogen-bond donors (Lipinski definition) is 1. The Kier molecular flexibility index (Phi) is 2.67. The molecule has 20 heavy (non-hydrogen) atoms. The van der Waals surface area contributed by atoms with Crippen molar-refractivity contribution < 1.29 is 0 Å². The molecule has 2 aromatic rings. The van der Waals surface area contributed by atoms with Gasteiger partial charge in [0.05, 0.1) is 11.4 Å². The maximum absolute atomic E-state index is 4.27. The molecule has 4 heteroatoms. The second-order valence-electron chi connectivity index (χ2n) is 6.61. The van der Waals surface area contributed by atoms with Crippen LogP contribution in [0.4, 0.5) is 0 Å². The van der Waals surface area contributed by atoms with Gasteiger partial charge in [-0.2, -0.15) is 15.4 Å². The van der Waals surface area contributed by atoms with Crippen molar-refractivity contribution in [2.24, 2.45) is 5.41 Å². The number of nitrogens with zero attached hydrogens (tertiary/aromatic N) is 3. The van der Waals surface area contributed by atoms with Gasteiger partial charge in [0.2, 0.25) is 0 Å². The van der Waals surface area contributed by atoms with Gasteiger partial charge in [0.1, 0.15) is 0 Å². The van der Waals surface area contributed by atoms with Crippen LogP contribution in [-0.4, -0.2) is 33.4 Å². The third-order valence-electron chi connectivity index (χ3n) is 4.70. The Balaban J connectivity index is 1.48. The van der Waals surface area contributed by atoms with Crippen LogP contribution in [0, 0.1) is 5.41 Å². The molecule has 0 atom stereocenters. The zero-order valence-corrected chi connectivity index (χ0v) is 11.9. The fourth-order valence-corrected chi connectivity index (χ4v) is 3.83. The third-order valence-corrected chi connectivity index (χ3v) is 4.70. The molecule has 0 saturated carbocycles. The minimum absolute atomic E-state index is 0.366. The summed E-state index contributed by atoms with van der Waals surface area (Å²) in [5.41, 5.74) is 5.73. The average molecular weight is 268 g/mol. The van der Waals surface area contributed by atoms with E-state index < -0.39 is 0 Å². The van der Waals surface area contributed by atoms with Crippen LogP contribution in [0.1, 0.15) is 29.4 Å². The van der Waals surface area contributed by atoms with Crippen LogP contribution in [0.3, 0.4) is 0 Å². The molecule has 1 N–H and O–H groups in total. The van der Waals surface area contributed by atoms with Gasteiger partial charge < -0.3 is 0 Å². The van der Waals surface area contributed by atoms with Crippen LogP contribution in [0.2, 0.25) is 0 Å². The number of fused-ring (bicyclic) bond motifs is 2. The third kappa shape index (κ3) is 2.04. The number of aromatic amines is 1. The van der Waals surface area contributed by atoms with Crippen LogP contribution in [0.15, 0.2) is 24.3 Å². The Morgan fingerprint density at radius 1 is 1.15 bits per heavy atom. The van der Waals surface area contributed by atoms with Gasteiger partial charge >= 0.3 is 0 Å². The molecule has 0 radical (unpaired) electrons. The lowest BCUT2D eigenvalue weighted by atomic mass is 9.86. The van der Waals surface area contributed by atoms with Gasteiger partial charge in [0.25, 0.3) is 0 Å². The summed E-state index contributed by atoms with van der Waals surface area (Å²) in [6.45, 7) is 5.61. The summed E-state index contributed by atoms with van der Waals surface area (Å²) in [6.07, 6.45) is 3.42. The summed E-state index contributed by atoms with van der Waals surface area (Å²) in [7, 11) is 0. The molecular weight excluding hydrogens is 248 g/mol. The molecule has 0 bridgehead atoms. The molecule has 0 spiro atoms. The van der Waals surface area contributed by atoms with E-state index >= 15 is 0 Å². The normalized spacial score (nSPS) is 20.6. The van der Waals surface area contributed by atoms with E-state index in [1.165, 1.54) is 24.0 Å². The molecule has 0 unspecified atom stereocenters. The fourth-order valence-electron chi connectivity index (χ4n) is 3.83. The quantitative estimate of drug-likeness (QED) is 0.905. The predicted octanol–water partition coefficient (Wildman–Crippen LogP) is 1.97. The van der Waals surface area contributed by atoms with Gasteiger partial charge in [-0.15, -0.1) is 0 Å². The number of rotatable bonds is 2. The first-order valence-electron chi connectivity index (χ1n) is 7.40. The van der Waals surface area contributed by atoms with Crippen LogP contribution in [0.25, 0.3) is 0 Å². The fraction of sp³-hybridized carbons (Fsp3) is 0.500. The lowest BCUT2D eigenvalue weighted by molar-refractivity contribution is 0.155. The average Bonchev–Trinajstić information content (AvgIpc) is 3.00. The van der Waals surface area contributed by atoms with Crippen molar-refractivity contribution >= 4 is 0 Å². The number of aromatic nitrogens is 3. The van der Waals surface area contributed by atoms with Gasteiger partial charge in [-0.1, -0.05) is 31.2 Å². The lowest BCUT2D eigenvalue weighted by Crippen LogP contribution is -2.39. The van der Waals surface area contributed by atoms with E-state index in [1.807, 2.05) is 0 Å². The zero-order valence-electron chi connectivity index (χ0n) is 11.9. The first-order valence-corrected chi connectivity index (χ1v) is 7.40. The second kappa shape index (κ2) is 4.42. The summed E-state index contributed by atoms with van der Waals surface area (Å²) in [5.74, 6) is 0. The Labute approximate surface area is 119 Å². The first kappa shape index (κ1) is 12.1. The summed E-state index contributed by atoms with van der Waals surface area (Å²) < 4.78 is 0. The highest BCUT2D eigenvalue weighted by atomic mass is 15.3. The van der Waals surface area contributed by atoms with Gasteiger partial charge in [-0.25, -0.2) is 0 Å². The van der Waals surface area contributed by atoms with Crippen molar-refractivity contribution in [3.8, 4) is 0 Å². The lowest BCUT2D eigenvalue weighted by Gasteiger charge is -2.33. The van der Waals surface area contributed by atoms with Gasteiger partial charge in [-0.05, 0) is 29.4 Å². The Bertz CT molecular complexity index is 606. The minimum Gasteiger partial charge on any atom is -0.296 e. The SMILES string of the molecule is CC1(CN2CCc3n[nH]nc3C2)Cc2ccccc2C1. The van der Waals surface area contributed by atoms with E-state index in [1.54, 1.807) is 0 Å². The number of benzene rings is 1. The van der Waals surface area contributed by atoms with Crippen molar-refractivity contribution in [1.29, 1.82) is 0 Å². The molecule has 1 aliphatic heterocycles. The first-order chi connectivity index (χ1) is 9.72. The molecule has 1 aliphatic carbocycles. The minimum atomic E-state index is 0.366. The standard InChI is InChI=1S/C16H20N4/c1-16(8-12-4-2-3-5-13(12)9-16)11-20-7-6-14-15(10-20)18-19-17-14/h2-5H,6-11H2,1H3,(H,17,18,19).